The van der Waals surface area contributed by atoms with Crippen molar-refractivity contribution in [3.8, 4) is 5.75 Å². The summed E-state index contributed by atoms with van der Waals surface area (Å²) in [4.78, 5) is 4.79. The first-order valence-electron chi connectivity index (χ1n) is 11.1. The lowest BCUT2D eigenvalue weighted by Crippen LogP contribution is -2.38. The first-order valence-corrected chi connectivity index (χ1v) is 11.1. The summed E-state index contributed by atoms with van der Waals surface area (Å²) in [7, 11) is 1.81. The maximum atomic E-state index is 10.5. The number of aliphatic hydroxyl groups is 1. The predicted octanol–water partition coefficient (Wildman–Crippen LogP) is 3.10. The molecule has 2 aliphatic rings. The van der Waals surface area contributed by atoms with Crippen molar-refractivity contribution < 1.29 is 14.6 Å². The molecule has 0 aliphatic carbocycles. The van der Waals surface area contributed by atoms with Gasteiger partial charge in [0, 0.05) is 46.4 Å². The van der Waals surface area contributed by atoms with Gasteiger partial charge in [0.05, 0.1) is 6.10 Å². The zero-order chi connectivity index (χ0) is 20.8. The summed E-state index contributed by atoms with van der Waals surface area (Å²) in [6, 6.07) is 16.9. The molecule has 1 N–H and O–H groups in total. The predicted molar refractivity (Wildman–Crippen MR) is 119 cm³/mol. The Bertz CT molecular complexity index is 804. The Morgan fingerprint density at radius 2 is 1.80 bits per heavy atom. The number of ether oxygens (including phenoxy) is 2. The minimum atomic E-state index is -0.494. The van der Waals surface area contributed by atoms with E-state index in [-0.39, 0.29) is 0 Å². The van der Waals surface area contributed by atoms with Gasteiger partial charge in [-0.2, -0.15) is 0 Å². The second-order valence-corrected chi connectivity index (χ2v) is 8.58. The van der Waals surface area contributed by atoms with E-state index >= 15 is 0 Å². The normalized spacial score (nSPS) is 19.4. The lowest BCUT2D eigenvalue weighted by molar-refractivity contribution is 0.0388. The second-order valence-electron chi connectivity index (χ2n) is 8.58. The van der Waals surface area contributed by atoms with Gasteiger partial charge in [-0.3, -0.25) is 9.80 Å². The van der Waals surface area contributed by atoms with Crippen LogP contribution in [0.25, 0.3) is 0 Å². The van der Waals surface area contributed by atoms with E-state index in [1.807, 2.05) is 12.1 Å². The molecule has 2 aromatic rings. The van der Waals surface area contributed by atoms with E-state index in [2.05, 4.69) is 46.2 Å². The molecule has 30 heavy (non-hydrogen) atoms. The standard InChI is InChI=1S/C25H34N2O3/c1-29-24-10-13-26(14-11-24)16-20-5-4-8-25(15-20)30-19-23(28)18-27-12-9-21-6-2-3-7-22(21)17-27/h2-8,15,23-24,28H,9-14,16-19H2,1H3. The van der Waals surface area contributed by atoms with Crippen LogP contribution in [0.15, 0.2) is 48.5 Å². The van der Waals surface area contributed by atoms with E-state index in [0.29, 0.717) is 19.3 Å². The van der Waals surface area contributed by atoms with Crippen LogP contribution in [0.3, 0.4) is 0 Å². The maximum Gasteiger partial charge on any atom is 0.119 e. The Morgan fingerprint density at radius 1 is 1.00 bits per heavy atom. The molecule has 0 bridgehead atoms. The molecule has 5 nitrogen and oxygen atoms in total. The van der Waals surface area contributed by atoms with Crippen molar-refractivity contribution in [2.45, 2.75) is 44.6 Å². The van der Waals surface area contributed by atoms with E-state index in [1.54, 1.807) is 7.11 Å². The topological polar surface area (TPSA) is 45.2 Å². The monoisotopic (exact) mass is 410 g/mol. The van der Waals surface area contributed by atoms with Gasteiger partial charge in [-0.15, -0.1) is 0 Å². The number of benzene rings is 2. The Balaban J connectivity index is 1.22. The SMILES string of the molecule is COC1CCN(Cc2cccc(OCC(O)CN3CCc4ccccc4C3)c2)CC1. The molecule has 0 saturated carbocycles. The van der Waals surface area contributed by atoms with Crippen LogP contribution in [0.1, 0.15) is 29.5 Å². The summed E-state index contributed by atoms with van der Waals surface area (Å²) in [5.41, 5.74) is 4.06. The van der Waals surface area contributed by atoms with Crippen molar-refractivity contribution in [2.75, 3.05) is 39.9 Å². The van der Waals surface area contributed by atoms with Crippen LogP contribution in [0.4, 0.5) is 0 Å². The number of methoxy groups -OCH3 is 1. The quantitative estimate of drug-likeness (QED) is 0.725. The molecule has 4 rings (SSSR count). The smallest absolute Gasteiger partial charge is 0.119 e. The Labute approximate surface area is 180 Å². The second kappa shape index (κ2) is 10.4. The van der Waals surface area contributed by atoms with Crippen molar-refractivity contribution in [2.24, 2.45) is 0 Å². The van der Waals surface area contributed by atoms with Crippen LogP contribution in [0.2, 0.25) is 0 Å². The van der Waals surface area contributed by atoms with E-state index in [4.69, 9.17) is 9.47 Å². The molecule has 1 fully saturated rings. The van der Waals surface area contributed by atoms with Crippen molar-refractivity contribution in [3.05, 3.63) is 65.2 Å². The summed E-state index contributed by atoms with van der Waals surface area (Å²) < 4.78 is 11.4. The number of hydrogen-bond acceptors (Lipinski definition) is 5. The fourth-order valence-electron chi connectivity index (χ4n) is 4.55. The van der Waals surface area contributed by atoms with Gasteiger partial charge in [-0.1, -0.05) is 36.4 Å². The molecule has 1 unspecified atom stereocenters. The first kappa shape index (κ1) is 21.3. The van der Waals surface area contributed by atoms with Crippen LogP contribution in [0.5, 0.6) is 5.75 Å². The Hall–Kier alpha value is -1.92. The highest BCUT2D eigenvalue weighted by atomic mass is 16.5. The lowest BCUT2D eigenvalue weighted by atomic mass is 10.00. The number of rotatable bonds is 8. The van der Waals surface area contributed by atoms with Crippen LogP contribution >= 0.6 is 0 Å². The zero-order valence-electron chi connectivity index (χ0n) is 18.0. The van der Waals surface area contributed by atoms with Crippen LogP contribution in [0, 0.1) is 0 Å². The third kappa shape index (κ3) is 5.82. The first-order chi connectivity index (χ1) is 14.7. The number of likely N-dealkylation sites (tertiary alicyclic amines) is 1. The van der Waals surface area contributed by atoms with Crippen molar-refractivity contribution in [1.29, 1.82) is 0 Å². The van der Waals surface area contributed by atoms with Gasteiger partial charge < -0.3 is 14.6 Å². The van der Waals surface area contributed by atoms with Crippen molar-refractivity contribution >= 4 is 0 Å². The molecule has 0 amide bonds. The molecule has 0 aromatic heterocycles. The van der Waals surface area contributed by atoms with Gasteiger partial charge in [0.25, 0.3) is 0 Å². The molecule has 5 heteroatoms. The number of aliphatic hydroxyl groups excluding tert-OH is 1. The largest absolute Gasteiger partial charge is 0.491 e. The minimum Gasteiger partial charge on any atom is -0.491 e. The van der Waals surface area contributed by atoms with Gasteiger partial charge in [0.1, 0.15) is 18.5 Å². The van der Waals surface area contributed by atoms with Gasteiger partial charge in [0.15, 0.2) is 0 Å². The molecular weight excluding hydrogens is 376 g/mol. The van der Waals surface area contributed by atoms with Gasteiger partial charge >= 0.3 is 0 Å². The van der Waals surface area contributed by atoms with Crippen LogP contribution < -0.4 is 4.74 Å². The van der Waals surface area contributed by atoms with Gasteiger partial charge in [-0.25, -0.2) is 0 Å². The number of piperidine rings is 1. The lowest BCUT2D eigenvalue weighted by Gasteiger charge is -2.31. The van der Waals surface area contributed by atoms with Gasteiger partial charge in [0.2, 0.25) is 0 Å². The van der Waals surface area contributed by atoms with Gasteiger partial charge in [-0.05, 0) is 48.1 Å². The summed E-state index contributed by atoms with van der Waals surface area (Å²) >= 11 is 0. The van der Waals surface area contributed by atoms with Crippen LogP contribution in [-0.4, -0.2) is 67.0 Å². The number of nitrogens with zero attached hydrogens (tertiary/aromatic N) is 2. The molecule has 0 spiro atoms. The highest BCUT2D eigenvalue weighted by molar-refractivity contribution is 5.29. The van der Waals surface area contributed by atoms with Crippen molar-refractivity contribution in [3.63, 3.8) is 0 Å². The third-order valence-electron chi connectivity index (χ3n) is 6.29. The number of β-amino-alcohol motifs (C(OH)–C–C–N with tert-alkyl or cyclic N) is 1. The maximum absolute atomic E-state index is 10.5. The Morgan fingerprint density at radius 3 is 2.60 bits per heavy atom. The highest BCUT2D eigenvalue weighted by Crippen LogP contribution is 2.20. The van der Waals surface area contributed by atoms with E-state index in [9.17, 15) is 5.11 Å². The Kier molecular flexibility index (Phi) is 7.39. The molecule has 2 heterocycles. The number of hydrogen-bond donors (Lipinski definition) is 1. The fraction of sp³-hybridized carbons (Fsp3) is 0.520. The molecule has 0 radical (unpaired) electrons. The molecule has 1 atom stereocenters. The minimum absolute atomic E-state index is 0.320. The van der Waals surface area contributed by atoms with Crippen molar-refractivity contribution in [1.82, 2.24) is 9.80 Å². The molecular formula is C25H34N2O3. The highest BCUT2D eigenvalue weighted by Gasteiger charge is 2.20. The summed E-state index contributed by atoms with van der Waals surface area (Å²) in [5.74, 6) is 0.835. The van der Waals surface area contributed by atoms with E-state index in [0.717, 1.165) is 57.7 Å². The molecule has 2 aromatic carbocycles. The summed E-state index contributed by atoms with van der Waals surface area (Å²) in [6.45, 7) is 5.93. The fourth-order valence-corrected chi connectivity index (χ4v) is 4.55. The zero-order valence-corrected chi connectivity index (χ0v) is 18.0. The van der Waals surface area contributed by atoms with Crippen LogP contribution in [-0.2, 0) is 24.2 Å². The summed E-state index contributed by atoms with van der Waals surface area (Å²) in [6.07, 6.45) is 3.16. The molecule has 1 saturated heterocycles. The molecule has 2 aliphatic heterocycles. The molecule has 162 valence electrons. The average molecular weight is 411 g/mol. The average Bonchev–Trinajstić information content (AvgIpc) is 2.78. The summed E-state index contributed by atoms with van der Waals surface area (Å²) in [5, 5.41) is 10.5. The third-order valence-corrected chi connectivity index (χ3v) is 6.29. The van der Waals surface area contributed by atoms with E-state index in [1.165, 1.54) is 16.7 Å². The number of fused-ring (bicyclic) bond motifs is 1. The van der Waals surface area contributed by atoms with E-state index < -0.39 is 6.10 Å².